The molecule has 1 fully saturated rings. The summed E-state index contributed by atoms with van der Waals surface area (Å²) in [6.45, 7) is 5.24. The van der Waals surface area contributed by atoms with Crippen LogP contribution in [0.2, 0.25) is 0 Å². The predicted molar refractivity (Wildman–Crippen MR) is 138 cm³/mol. The molecule has 0 atom stereocenters. The van der Waals surface area contributed by atoms with E-state index in [0.717, 1.165) is 47.5 Å². The largest absolute Gasteiger partial charge is 0.290 e. The highest BCUT2D eigenvalue weighted by atomic mass is 32.2. The van der Waals surface area contributed by atoms with Crippen LogP contribution in [0.15, 0.2) is 58.9 Å². The molecule has 5 rings (SSSR count). The molecule has 3 heterocycles. The zero-order valence-corrected chi connectivity index (χ0v) is 20.6. The van der Waals surface area contributed by atoms with E-state index in [9.17, 15) is 0 Å². The Balaban J connectivity index is 1.38. The molecule has 168 valence electrons. The molecule has 0 radical (unpaired) electrons. The Kier molecular flexibility index (Phi) is 6.90. The van der Waals surface area contributed by atoms with Gasteiger partial charge in [0.1, 0.15) is 5.82 Å². The Morgan fingerprint density at radius 3 is 2.48 bits per heavy atom. The van der Waals surface area contributed by atoms with Gasteiger partial charge in [0.25, 0.3) is 0 Å². The summed E-state index contributed by atoms with van der Waals surface area (Å²) in [5, 5.41) is 4.95. The first-order valence-electron chi connectivity index (χ1n) is 10.8. The van der Waals surface area contributed by atoms with Gasteiger partial charge in [0, 0.05) is 31.9 Å². The van der Waals surface area contributed by atoms with Crippen molar-refractivity contribution < 1.29 is 0 Å². The third-order valence-corrected chi connectivity index (χ3v) is 8.20. The summed E-state index contributed by atoms with van der Waals surface area (Å²) in [4.78, 5) is 9.45. The molecule has 1 saturated heterocycles. The van der Waals surface area contributed by atoms with Gasteiger partial charge in [-0.3, -0.25) is 14.4 Å². The Morgan fingerprint density at radius 2 is 1.73 bits per heavy atom. The highest BCUT2D eigenvalue weighted by molar-refractivity contribution is 8.00. The van der Waals surface area contributed by atoms with Crippen molar-refractivity contribution in [3.05, 3.63) is 65.2 Å². The number of piperazine rings is 1. The van der Waals surface area contributed by atoms with E-state index in [4.69, 9.17) is 28.7 Å². The number of thioether (sulfide) groups is 1. The van der Waals surface area contributed by atoms with Gasteiger partial charge in [-0.05, 0) is 36.5 Å². The topological polar surface area (TPSA) is 42.1 Å². The van der Waals surface area contributed by atoms with Crippen LogP contribution in [0.4, 0.5) is 0 Å². The molecule has 1 aliphatic rings. The van der Waals surface area contributed by atoms with Gasteiger partial charge >= 0.3 is 0 Å². The fourth-order valence-electron chi connectivity index (χ4n) is 3.92. The lowest BCUT2D eigenvalue weighted by Crippen LogP contribution is -2.46. The maximum absolute atomic E-state index is 5.89. The lowest BCUT2D eigenvalue weighted by atomic mass is 10.3. The summed E-state index contributed by atoms with van der Waals surface area (Å²) in [5.74, 6) is 4.37. The minimum atomic E-state index is 0.682. The van der Waals surface area contributed by atoms with Crippen LogP contribution in [0, 0.1) is 17.1 Å². The summed E-state index contributed by atoms with van der Waals surface area (Å²) in [6, 6.07) is 18.5. The second-order valence-corrected chi connectivity index (χ2v) is 10.5. The zero-order chi connectivity index (χ0) is 22.6. The van der Waals surface area contributed by atoms with Gasteiger partial charge in [0.2, 0.25) is 4.77 Å². The molecule has 1 aliphatic heterocycles. The number of hydrogen-bond donors (Lipinski definition) is 0. The average Bonchev–Trinajstić information content (AvgIpc) is 3.40. The van der Waals surface area contributed by atoms with E-state index in [2.05, 4.69) is 50.6 Å². The van der Waals surface area contributed by atoms with Crippen LogP contribution in [0.5, 0.6) is 0 Å². The van der Waals surface area contributed by atoms with Gasteiger partial charge in [-0.15, -0.1) is 17.8 Å². The Labute approximate surface area is 206 Å². The van der Waals surface area contributed by atoms with Crippen LogP contribution in [0.3, 0.4) is 0 Å². The van der Waals surface area contributed by atoms with Gasteiger partial charge < -0.3 is 0 Å². The Bertz CT molecular complexity index is 1290. The second kappa shape index (κ2) is 10.2. The molecule has 0 aliphatic carbocycles. The molecular weight excluding hydrogens is 469 g/mol. The summed E-state index contributed by atoms with van der Waals surface area (Å²) in [6.07, 6.45) is 5.46. The van der Waals surface area contributed by atoms with Gasteiger partial charge in [-0.1, -0.05) is 48.0 Å². The van der Waals surface area contributed by atoms with E-state index < -0.39 is 0 Å². The molecule has 0 amide bonds. The molecule has 2 aromatic carbocycles. The van der Waals surface area contributed by atoms with Crippen LogP contribution in [0.1, 0.15) is 5.82 Å². The van der Waals surface area contributed by atoms with Crippen molar-refractivity contribution in [2.45, 2.75) is 16.8 Å². The fraction of sp³-hybridized carbons (Fsp3) is 0.292. The average molecular weight is 493 g/mol. The highest BCUT2D eigenvalue weighted by Crippen LogP contribution is 2.31. The van der Waals surface area contributed by atoms with E-state index in [1.54, 1.807) is 23.1 Å². The summed E-state index contributed by atoms with van der Waals surface area (Å²) in [5.41, 5.74) is 2.08. The maximum atomic E-state index is 5.89. The van der Waals surface area contributed by atoms with Crippen molar-refractivity contribution in [2.24, 2.45) is 0 Å². The van der Waals surface area contributed by atoms with Crippen molar-refractivity contribution >= 4 is 45.5 Å². The first-order valence-corrected chi connectivity index (χ1v) is 13.0. The Hall–Kier alpha value is -2.48. The van der Waals surface area contributed by atoms with Crippen molar-refractivity contribution in [1.82, 2.24) is 29.1 Å². The number of rotatable bonds is 7. The number of hydrogen-bond acceptors (Lipinski definition) is 7. The molecule has 0 spiro atoms. The lowest BCUT2D eigenvalue weighted by Gasteiger charge is -2.33. The van der Waals surface area contributed by atoms with E-state index >= 15 is 0 Å². The standard InChI is InChI=1S/C24H24N6S3/c1-2-12-27-13-15-28(16-14-27)18-29-24(31)30(19-8-4-3-5-9-19)22(26-29)17-32-23-25-20-10-6-7-11-21(20)33-23/h1,3-11H,12-18H2. The van der Waals surface area contributed by atoms with E-state index in [1.807, 2.05) is 28.9 Å². The second-order valence-electron chi connectivity index (χ2n) is 7.85. The first-order chi connectivity index (χ1) is 16.2. The van der Waals surface area contributed by atoms with Crippen LogP contribution in [0.25, 0.3) is 15.9 Å². The van der Waals surface area contributed by atoms with Crippen LogP contribution < -0.4 is 0 Å². The lowest BCUT2D eigenvalue weighted by molar-refractivity contribution is 0.111. The van der Waals surface area contributed by atoms with E-state index in [-0.39, 0.29) is 0 Å². The normalized spacial score (nSPS) is 15.1. The molecule has 0 N–H and O–H groups in total. The number of para-hydroxylation sites is 2. The van der Waals surface area contributed by atoms with Crippen LogP contribution in [-0.2, 0) is 12.4 Å². The van der Waals surface area contributed by atoms with Crippen molar-refractivity contribution in [3.63, 3.8) is 0 Å². The van der Waals surface area contributed by atoms with Gasteiger partial charge in [-0.2, -0.15) is 5.10 Å². The molecule has 0 bridgehead atoms. The van der Waals surface area contributed by atoms with E-state index in [0.29, 0.717) is 23.7 Å². The number of terminal acetylenes is 1. The third kappa shape index (κ3) is 5.05. The number of nitrogens with zero attached hydrogens (tertiary/aromatic N) is 6. The van der Waals surface area contributed by atoms with Crippen molar-refractivity contribution in [3.8, 4) is 18.0 Å². The number of benzene rings is 2. The summed E-state index contributed by atoms with van der Waals surface area (Å²) < 4.78 is 7.00. The van der Waals surface area contributed by atoms with Crippen molar-refractivity contribution in [2.75, 3.05) is 32.7 Å². The first kappa shape index (κ1) is 22.3. The van der Waals surface area contributed by atoms with Gasteiger partial charge in [-0.25, -0.2) is 9.67 Å². The fourth-order valence-corrected chi connectivity index (χ4v) is 6.21. The smallest absolute Gasteiger partial charge is 0.203 e. The molecule has 4 aromatic rings. The minimum Gasteiger partial charge on any atom is -0.290 e. The molecule has 2 aromatic heterocycles. The van der Waals surface area contributed by atoms with E-state index in [1.165, 1.54) is 4.70 Å². The third-order valence-electron chi connectivity index (χ3n) is 5.63. The maximum Gasteiger partial charge on any atom is 0.203 e. The SMILES string of the molecule is C#CCN1CCN(Cn2nc(CSc3nc4ccccc4s3)n(-c3ccccc3)c2=S)CC1. The molecule has 9 heteroatoms. The molecule has 6 nitrogen and oxygen atoms in total. The number of fused-ring (bicyclic) bond motifs is 1. The highest BCUT2D eigenvalue weighted by Gasteiger charge is 2.19. The molecule has 0 saturated carbocycles. The minimum absolute atomic E-state index is 0.682. The summed E-state index contributed by atoms with van der Waals surface area (Å²) >= 11 is 9.31. The quantitative estimate of drug-likeness (QED) is 0.215. The molecule has 0 unspecified atom stereocenters. The summed E-state index contributed by atoms with van der Waals surface area (Å²) in [7, 11) is 0. The van der Waals surface area contributed by atoms with Crippen molar-refractivity contribution in [1.29, 1.82) is 0 Å². The van der Waals surface area contributed by atoms with Crippen LogP contribution in [-0.4, -0.2) is 61.9 Å². The monoisotopic (exact) mass is 492 g/mol. The van der Waals surface area contributed by atoms with Crippen LogP contribution >= 0.6 is 35.3 Å². The van der Waals surface area contributed by atoms with Gasteiger partial charge in [0.15, 0.2) is 4.34 Å². The number of aromatic nitrogens is 4. The Morgan fingerprint density at radius 1 is 1.00 bits per heavy atom. The molecule has 33 heavy (non-hydrogen) atoms. The zero-order valence-electron chi connectivity index (χ0n) is 18.1. The molecular formula is C24H24N6S3. The van der Waals surface area contributed by atoms with Gasteiger partial charge in [0.05, 0.1) is 29.2 Å². The predicted octanol–water partition coefficient (Wildman–Crippen LogP) is 4.51. The number of thiazole rings is 1.